The van der Waals surface area contributed by atoms with Crippen molar-refractivity contribution in [3.8, 4) is 5.75 Å². The van der Waals surface area contributed by atoms with Gasteiger partial charge in [-0.1, -0.05) is 11.6 Å². The van der Waals surface area contributed by atoms with E-state index >= 15 is 0 Å². The summed E-state index contributed by atoms with van der Waals surface area (Å²) in [5, 5.41) is 18.6. The van der Waals surface area contributed by atoms with Gasteiger partial charge in [-0.3, -0.25) is 4.79 Å². The maximum atomic E-state index is 12.4. The third-order valence-electron chi connectivity index (χ3n) is 3.19. The normalized spacial score (nSPS) is 10.2. The number of amides is 1. The summed E-state index contributed by atoms with van der Waals surface area (Å²) in [6.07, 6.45) is 0. The molecule has 2 aromatic carbocycles. The Hall–Kier alpha value is -2.82. The molecule has 0 bridgehead atoms. The first-order valence-corrected chi connectivity index (χ1v) is 6.31. The molecule has 2 aromatic rings. The van der Waals surface area contributed by atoms with Crippen LogP contribution in [-0.4, -0.2) is 29.1 Å². The van der Waals surface area contributed by atoms with Crippen LogP contribution in [-0.2, 0) is 0 Å². The summed E-state index contributed by atoms with van der Waals surface area (Å²) in [7, 11) is 1.57. The fraction of sp³-hybridized carbons (Fsp3) is 0.125. The molecule has 2 N–H and O–H groups in total. The number of hydrogen-bond acceptors (Lipinski definition) is 3. The molecule has 0 fully saturated rings. The van der Waals surface area contributed by atoms with Crippen LogP contribution in [0.25, 0.3) is 0 Å². The molecule has 0 aliphatic rings. The number of carbonyl (C=O) groups excluding carboxylic acids is 1. The lowest BCUT2D eigenvalue weighted by atomic mass is 10.1. The zero-order valence-corrected chi connectivity index (χ0v) is 11.7. The van der Waals surface area contributed by atoms with E-state index in [1.165, 1.54) is 23.1 Å². The predicted octanol–water partition coefficient (Wildman–Crippen LogP) is 2.68. The Balaban J connectivity index is 2.30. The van der Waals surface area contributed by atoms with E-state index in [1.807, 2.05) is 6.92 Å². The lowest BCUT2D eigenvalue weighted by Crippen LogP contribution is -2.26. The summed E-state index contributed by atoms with van der Waals surface area (Å²) in [6.45, 7) is 1.83. The fourth-order valence-corrected chi connectivity index (χ4v) is 1.95. The van der Waals surface area contributed by atoms with E-state index in [0.29, 0.717) is 5.69 Å². The van der Waals surface area contributed by atoms with Crippen LogP contribution in [0.15, 0.2) is 42.5 Å². The lowest BCUT2D eigenvalue weighted by molar-refractivity contribution is 0.0696. The average molecular weight is 285 g/mol. The van der Waals surface area contributed by atoms with Crippen molar-refractivity contribution in [3.63, 3.8) is 0 Å². The minimum atomic E-state index is -1.02. The SMILES string of the molecule is Cc1ccc(O)c(C(=O)N(C)c2ccc(C(=O)O)cc2)c1. The summed E-state index contributed by atoms with van der Waals surface area (Å²) in [5.41, 5.74) is 1.77. The van der Waals surface area contributed by atoms with E-state index in [1.54, 1.807) is 31.3 Å². The van der Waals surface area contributed by atoms with Crippen molar-refractivity contribution in [2.45, 2.75) is 6.92 Å². The Morgan fingerprint density at radius 2 is 1.67 bits per heavy atom. The fourth-order valence-electron chi connectivity index (χ4n) is 1.95. The van der Waals surface area contributed by atoms with Gasteiger partial charge in [0, 0.05) is 12.7 Å². The van der Waals surface area contributed by atoms with Crippen molar-refractivity contribution in [3.05, 3.63) is 59.2 Å². The van der Waals surface area contributed by atoms with Gasteiger partial charge in [0.05, 0.1) is 11.1 Å². The summed E-state index contributed by atoms with van der Waals surface area (Å²) < 4.78 is 0. The predicted molar refractivity (Wildman–Crippen MR) is 79.0 cm³/mol. The molecule has 0 unspecified atom stereocenters. The van der Waals surface area contributed by atoms with E-state index < -0.39 is 5.97 Å². The Morgan fingerprint density at radius 3 is 2.24 bits per heavy atom. The number of benzene rings is 2. The molecule has 0 aromatic heterocycles. The maximum absolute atomic E-state index is 12.4. The third kappa shape index (κ3) is 3.02. The molecule has 0 saturated carbocycles. The van der Waals surface area contributed by atoms with Crippen molar-refractivity contribution in [1.82, 2.24) is 0 Å². The topological polar surface area (TPSA) is 77.8 Å². The molecule has 1 amide bonds. The highest BCUT2D eigenvalue weighted by atomic mass is 16.4. The lowest BCUT2D eigenvalue weighted by Gasteiger charge is -2.18. The monoisotopic (exact) mass is 285 g/mol. The molecular weight excluding hydrogens is 270 g/mol. The number of rotatable bonds is 3. The zero-order chi connectivity index (χ0) is 15.6. The van der Waals surface area contributed by atoms with Crippen LogP contribution in [0.1, 0.15) is 26.3 Å². The number of nitrogens with zero attached hydrogens (tertiary/aromatic N) is 1. The van der Waals surface area contributed by atoms with Crippen molar-refractivity contribution in [2.24, 2.45) is 0 Å². The van der Waals surface area contributed by atoms with E-state index in [9.17, 15) is 14.7 Å². The van der Waals surface area contributed by atoms with E-state index in [4.69, 9.17) is 5.11 Å². The van der Waals surface area contributed by atoms with Crippen molar-refractivity contribution in [2.75, 3.05) is 11.9 Å². The minimum Gasteiger partial charge on any atom is -0.507 e. The van der Waals surface area contributed by atoms with E-state index in [2.05, 4.69) is 0 Å². The first-order valence-electron chi connectivity index (χ1n) is 6.31. The molecule has 0 spiro atoms. The Kier molecular flexibility index (Phi) is 3.93. The van der Waals surface area contributed by atoms with Crippen LogP contribution >= 0.6 is 0 Å². The van der Waals surface area contributed by atoms with Crippen molar-refractivity contribution < 1.29 is 19.8 Å². The molecule has 108 valence electrons. The van der Waals surface area contributed by atoms with Crippen LogP contribution in [0.4, 0.5) is 5.69 Å². The van der Waals surface area contributed by atoms with E-state index in [0.717, 1.165) is 5.56 Å². The number of aryl methyl sites for hydroxylation is 1. The second-order valence-electron chi connectivity index (χ2n) is 4.74. The van der Waals surface area contributed by atoms with Gasteiger partial charge in [-0.15, -0.1) is 0 Å². The number of carbonyl (C=O) groups is 2. The highest BCUT2D eigenvalue weighted by Crippen LogP contribution is 2.23. The molecule has 2 rings (SSSR count). The smallest absolute Gasteiger partial charge is 0.335 e. The number of anilines is 1. The van der Waals surface area contributed by atoms with Crippen molar-refractivity contribution >= 4 is 17.6 Å². The van der Waals surface area contributed by atoms with Gasteiger partial charge in [0.2, 0.25) is 0 Å². The number of aromatic hydroxyl groups is 1. The average Bonchev–Trinajstić information content (AvgIpc) is 2.48. The molecule has 0 radical (unpaired) electrons. The highest BCUT2D eigenvalue weighted by molar-refractivity contribution is 6.07. The van der Waals surface area contributed by atoms with Crippen LogP contribution in [0, 0.1) is 6.92 Å². The summed E-state index contributed by atoms with van der Waals surface area (Å²) in [6, 6.07) is 10.8. The standard InChI is InChI=1S/C16H15NO4/c1-10-3-8-14(18)13(9-10)15(19)17(2)12-6-4-11(5-7-12)16(20)21/h3-9,18H,1-2H3,(H,20,21). The number of carboxylic acid groups (broad SMARTS) is 1. The largest absolute Gasteiger partial charge is 0.507 e. The molecule has 0 heterocycles. The second kappa shape index (κ2) is 5.66. The van der Waals surface area contributed by atoms with Gasteiger partial charge in [0.25, 0.3) is 5.91 Å². The third-order valence-corrected chi connectivity index (χ3v) is 3.19. The molecular formula is C16H15NO4. The first-order chi connectivity index (χ1) is 9.90. The number of hydrogen-bond donors (Lipinski definition) is 2. The molecule has 0 aliphatic heterocycles. The summed E-state index contributed by atoms with van der Waals surface area (Å²) >= 11 is 0. The quantitative estimate of drug-likeness (QED) is 0.908. The number of phenolic OH excluding ortho intramolecular Hbond substituents is 1. The Bertz CT molecular complexity index is 692. The van der Waals surface area contributed by atoms with Crippen LogP contribution in [0.2, 0.25) is 0 Å². The Morgan fingerprint density at radius 1 is 1.05 bits per heavy atom. The Labute approximate surface area is 122 Å². The molecule has 0 aliphatic carbocycles. The van der Waals surface area contributed by atoms with Crippen LogP contribution < -0.4 is 4.90 Å². The van der Waals surface area contributed by atoms with Crippen molar-refractivity contribution in [1.29, 1.82) is 0 Å². The van der Waals surface area contributed by atoms with Gasteiger partial charge < -0.3 is 15.1 Å². The molecule has 0 saturated heterocycles. The van der Waals surface area contributed by atoms with E-state index in [-0.39, 0.29) is 22.8 Å². The van der Waals surface area contributed by atoms with Gasteiger partial charge in [0.1, 0.15) is 5.75 Å². The number of phenols is 1. The molecule has 21 heavy (non-hydrogen) atoms. The number of carboxylic acids is 1. The van der Waals surface area contributed by atoms with Gasteiger partial charge in [-0.25, -0.2) is 4.79 Å². The van der Waals surface area contributed by atoms with Crippen LogP contribution in [0.5, 0.6) is 5.75 Å². The molecule has 0 atom stereocenters. The maximum Gasteiger partial charge on any atom is 0.335 e. The summed E-state index contributed by atoms with van der Waals surface area (Å²) in [4.78, 5) is 24.6. The zero-order valence-electron chi connectivity index (χ0n) is 11.7. The number of aromatic carboxylic acids is 1. The van der Waals surface area contributed by atoms with Gasteiger partial charge >= 0.3 is 5.97 Å². The second-order valence-corrected chi connectivity index (χ2v) is 4.74. The first kappa shape index (κ1) is 14.6. The van der Waals surface area contributed by atoms with Gasteiger partial charge in [-0.05, 0) is 43.3 Å². The minimum absolute atomic E-state index is 0.0837. The van der Waals surface area contributed by atoms with Gasteiger partial charge in [-0.2, -0.15) is 0 Å². The summed E-state index contributed by atoms with van der Waals surface area (Å²) in [5.74, 6) is -1.47. The van der Waals surface area contributed by atoms with Gasteiger partial charge in [0.15, 0.2) is 0 Å². The van der Waals surface area contributed by atoms with Crippen LogP contribution in [0.3, 0.4) is 0 Å². The molecule has 5 nitrogen and oxygen atoms in total. The highest BCUT2D eigenvalue weighted by Gasteiger charge is 2.17. The molecule has 5 heteroatoms.